The van der Waals surface area contributed by atoms with Crippen LogP contribution in [-0.2, 0) is 6.42 Å². The predicted octanol–water partition coefficient (Wildman–Crippen LogP) is 3.58. The Labute approximate surface area is 141 Å². The zero-order chi connectivity index (χ0) is 16.7. The highest BCUT2D eigenvalue weighted by Crippen LogP contribution is 2.60. The molecule has 0 unspecified atom stereocenters. The first kappa shape index (κ1) is 16.4. The summed E-state index contributed by atoms with van der Waals surface area (Å²) < 4.78 is 36.8. The highest BCUT2D eigenvalue weighted by Gasteiger charge is 2.54. The molecule has 0 spiro atoms. The Balaban J connectivity index is 1.18. The molecule has 5 heteroatoms. The number of hydrogen-bond acceptors (Lipinski definition) is 2. The molecule has 0 bridgehead atoms. The summed E-state index contributed by atoms with van der Waals surface area (Å²) in [5.41, 5.74) is 3.08. The summed E-state index contributed by atoms with van der Waals surface area (Å²) >= 11 is 0. The van der Waals surface area contributed by atoms with Gasteiger partial charge in [0.2, 0.25) is 0 Å². The van der Waals surface area contributed by atoms with E-state index < -0.39 is 12.6 Å². The van der Waals surface area contributed by atoms with E-state index in [0.29, 0.717) is 6.04 Å². The van der Waals surface area contributed by atoms with Gasteiger partial charge in [-0.05, 0) is 67.8 Å². The lowest BCUT2D eigenvalue weighted by Gasteiger charge is -2.32. The Morgan fingerprint density at radius 1 is 1.12 bits per heavy atom. The third-order valence-electron chi connectivity index (χ3n) is 6.14. The van der Waals surface area contributed by atoms with Crippen LogP contribution in [0.1, 0.15) is 36.3 Å². The molecule has 3 atom stereocenters. The number of fused-ring (bicyclic) bond motifs is 3. The lowest BCUT2D eigenvalue weighted by molar-refractivity contribution is -0.138. The Bertz CT molecular complexity index is 578. The molecule has 1 aromatic carbocycles. The summed E-state index contributed by atoms with van der Waals surface area (Å²) in [6, 6.07) is 9.27. The number of hydrogen-bond donors (Lipinski definition) is 1. The van der Waals surface area contributed by atoms with Crippen molar-refractivity contribution in [1.29, 1.82) is 0 Å². The number of benzene rings is 1. The molecule has 2 nitrogen and oxygen atoms in total. The van der Waals surface area contributed by atoms with E-state index in [2.05, 4.69) is 29.6 Å². The van der Waals surface area contributed by atoms with E-state index in [-0.39, 0.29) is 6.54 Å². The van der Waals surface area contributed by atoms with Crippen molar-refractivity contribution in [2.75, 3.05) is 26.2 Å². The van der Waals surface area contributed by atoms with Crippen LogP contribution in [0.2, 0.25) is 0 Å². The van der Waals surface area contributed by atoms with Gasteiger partial charge in [-0.25, -0.2) is 0 Å². The number of nitrogens with zero attached hydrogens (tertiary/aromatic N) is 1. The van der Waals surface area contributed by atoms with Gasteiger partial charge in [0, 0.05) is 12.6 Å². The summed E-state index contributed by atoms with van der Waals surface area (Å²) in [5, 5.41) is 3.69. The zero-order valence-electron chi connectivity index (χ0n) is 13.9. The second-order valence-corrected chi connectivity index (χ2v) is 7.65. The molecule has 0 radical (unpaired) electrons. The van der Waals surface area contributed by atoms with Gasteiger partial charge in [-0.2, -0.15) is 13.2 Å². The normalized spacial score (nSPS) is 30.2. The average molecular weight is 338 g/mol. The van der Waals surface area contributed by atoms with Gasteiger partial charge in [-0.3, -0.25) is 0 Å². The van der Waals surface area contributed by atoms with Crippen molar-refractivity contribution in [2.24, 2.45) is 11.8 Å². The molecule has 1 aliphatic heterocycles. The summed E-state index contributed by atoms with van der Waals surface area (Å²) in [5.74, 6) is 2.34. The van der Waals surface area contributed by atoms with Crippen LogP contribution >= 0.6 is 0 Å². The number of piperidine rings is 1. The van der Waals surface area contributed by atoms with E-state index in [9.17, 15) is 13.2 Å². The Morgan fingerprint density at radius 2 is 1.88 bits per heavy atom. The van der Waals surface area contributed by atoms with Crippen LogP contribution < -0.4 is 5.32 Å². The van der Waals surface area contributed by atoms with Crippen LogP contribution in [0.15, 0.2) is 24.3 Å². The minimum atomic E-state index is -4.03. The van der Waals surface area contributed by atoms with Gasteiger partial charge < -0.3 is 10.2 Å². The first-order valence-corrected chi connectivity index (χ1v) is 9.11. The quantitative estimate of drug-likeness (QED) is 0.883. The standard InChI is InChI=1S/C19H25F3N2/c20-19(21,22)7-10-24-8-5-14(6-9-24)23-12-17-16-11-13-3-1-2-4-15(13)18(16)17/h1-4,14,16-18,23H,5-12H2/t16-,17+,18-/m0/s1. The van der Waals surface area contributed by atoms with Crippen LogP contribution in [0.3, 0.4) is 0 Å². The van der Waals surface area contributed by atoms with E-state index in [1.807, 2.05) is 4.90 Å². The van der Waals surface area contributed by atoms with Gasteiger partial charge in [-0.1, -0.05) is 24.3 Å². The second kappa shape index (κ2) is 6.34. The van der Waals surface area contributed by atoms with Crippen molar-refractivity contribution in [3.05, 3.63) is 35.4 Å². The fourth-order valence-corrected chi connectivity index (χ4v) is 4.71. The minimum Gasteiger partial charge on any atom is -0.314 e. The molecule has 24 heavy (non-hydrogen) atoms. The maximum Gasteiger partial charge on any atom is 0.390 e. The topological polar surface area (TPSA) is 15.3 Å². The van der Waals surface area contributed by atoms with Crippen LogP contribution in [0.25, 0.3) is 0 Å². The molecular weight excluding hydrogens is 313 g/mol. The molecule has 132 valence electrons. The lowest BCUT2D eigenvalue weighted by atomic mass is 10.0. The smallest absolute Gasteiger partial charge is 0.314 e. The SMILES string of the molecule is FC(F)(F)CCN1CCC(NC[C@@H]2[C@@H]3Cc4ccccc4[C@H]23)CC1. The van der Waals surface area contributed by atoms with Crippen LogP contribution in [0.5, 0.6) is 0 Å². The Kier molecular flexibility index (Phi) is 4.33. The van der Waals surface area contributed by atoms with Crippen molar-refractivity contribution in [3.63, 3.8) is 0 Å². The molecule has 4 rings (SSSR count). The first-order chi connectivity index (χ1) is 11.5. The maximum absolute atomic E-state index is 12.3. The van der Waals surface area contributed by atoms with Crippen molar-refractivity contribution in [2.45, 2.75) is 43.8 Å². The average Bonchev–Trinajstić information content (AvgIpc) is 3.09. The molecule has 2 fully saturated rings. The second-order valence-electron chi connectivity index (χ2n) is 7.65. The number of nitrogens with one attached hydrogen (secondary N) is 1. The third-order valence-corrected chi connectivity index (χ3v) is 6.14. The number of halogens is 3. The molecular formula is C19H25F3N2. The molecule has 3 aliphatic rings. The molecule has 1 N–H and O–H groups in total. The van der Waals surface area contributed by atoms with Crippen molar-refractivity contribution < 1.29 is 13.2 Å². The molecule has 0 aromatic heterocycles. The number of likely N-dealkylation sites (tertiary alicyclic amines) is 1. The first-order valence-electron chi connectivity index (χ1n) is 9.11. The number of alkyl halides is 3. The lowest BCUT2D eigenvalue weighted by Crippen LogP contribution is -2.44. The van der Waals surface area contributed by atoms with E-state index >= 15 is 0 Å². The maximum atomic E-state index is 12.3. The van der Waals surface area contributed by atoms with Crippen molar-refractivity contribution in [3.8, 4) is 0 Å². The van der Waals surface area contributed by atoms with Gasteiger partial charge in [0.15, 0.2) is 0 Å². The fraction of sp³-hybridized carbons (Fsp3) is 0.684. The molecule has 0 amide bonds. The minimum absolute atomic E-state index is 0.153. The summed E-state index contributed by atoms with van der Waals surface area (Å²) in [6.45, 7) is 2.79. The Hall–Kier alpha value is -1.07. The third kappa shape index (κ3) is 3.47. The van der Waals surface area contributed by atoms with E-state index in [1.54, 1.807) is 5.56 Å². The van der Waals surface area contributed by atoms with E-state index in [1.165, 1.54) is 12.0 Å². The predicted molar refractivity (Wildman–Crippen MR) is 88.0 cm³/mol. The highest BCUT2D eigenvalue weighted by molar-refractivity contribution is 5.43. The van der Waals surface area contributed by atoms with Crippen LogP contribution in [-0.4, -0.2) is 43.3 Å². The van der Waals surface area contributed by atoms with Gasteiger partial charge in [-0.15, -0.1) is 0 Å². The van der Waals surface area contributed by atoms with Crippen LogP contribution in [0, 0.1) is 11.8 Å². The summed E-state index contributed by atoms with van der Waals surface area (Å²) in [7, 11) is 0. The number of rotatable bonds is 5. The van der Waals surface area contributed by atoms with Crippen molar-refractivity contribution >= 4 is 0 Å². The molecule has 1 saturated heterocycles. The molecule has 1 saturated carbocycles. The van der Waals surface area contributed by atoms with E-state index in [4.69, 9.17) is 0 Å². The summed E-state index contributed by atoms with van der Waals surface area (Å²) in [4.78, 5) is 1.95. The highest BCUT2D eigenvalue weighted by atomic mass is 19.4. The largest absolute Gasteiger partial charge is 0.390 e. The molecule has 2 aliphatic carbocycles. The zero-order valence-corrected chi connectivity index (χ0v) is 13.9. The summed E-state index contributed by atoms with van der Waals surface area (Å²) in [6.07, 6.45) is -1.55. The monoisotopic (exact) mass is 338 g/mol. The van der Waals surface area contributed by atoms with Crippen LogP contribution in [0.4, 0.5) is 13.2 Å². The van der Waals surface area contributed by atoms with Gasteiger partial charge in [0.25, 0.3) is 0 Å². The van der Waals surface area contributed by atoms with E-state index in [0.717, 1.165) is 50.2 Å². The Morgan fingerprint density at radius 3 is 2.62 bits per heavy atom. The van der Waals surface area contributed by atoms with Gasteiger partial charge >= 0.3 is 6.18 Å². The molecule has 1 heterocycles. The van der Waals surface area contributed by atoms with Gasteiger partial charge in [0.05, 0.1) is 6.42 Å². The fourth-order valence-electron chi connectivity index (χ4n) is 4.71. The van der Waals surface area contributed by atoms with Gasteiger partial charge in [0.1, 0.15) is 0 Å². The molecule has 1 aromatic rings. The van der Waals surface area contributed by atoms with Crippen molar-refractivity contribution in [1.82, 2.24) is 10.2 Å².